The highest BCUT2D eigenvalue weighted by atomic mass is 14.1. The van der Waals surface area contributed by atoms with Crippen molar-refractivity contribution in [3.63, 3.8) is 0 Å². The molecule has 0 aromatic heterocycles. The van der Waals surface area contributed by atoms with Crippen molar-refractivity contribution in [2.45, 2.75) is 64.7 Å². The fourth-order valence-electron chi connectivity index (χ4n) is 4.35. The lowest BCUT2D eigenvalue weighted by molar-refractivity contribution is 0.575. The van der Waals surface area contributed by atoms with Crippen LogP contribution >= 0.6 is 0 Å². The maximum atomic E-state index is 3.39. The Hall–Kier alpha value is -2.08. The molecule has 0 spiro atoms. The van der Waals surface area contributed by atoms with Crippen molar-refractivity contribution in [1.82, 2.24) is 0 Å². The van der Waals surface area contributed by atoms with Crippen LogP contribution in [0.5, 0.6) is 0 Å². The van der Waals surface area contributed by atoms with Crippen LogP contribution in [-0.4, -0.2) is 0 Å². The summed E-state index contributed by atoms with van der Waals surface area (Å²) in [5.41, 5.74) is 1.49. The Kier molecular flexibility index (Phi) is 5.39. The molecule has 0 heteroatoms. The van der Waals surface area contributed by atoms with Crippen LogP contribution in [0.15, 0.2) is 48.5 Å². The minimum atomic E-state index is 1.21. The van der Waals surface area contributed by atoms with Crippen molar-refractivity contribution in [1.29, 1.82) is 0 Å². The van der Waals surface area contributed by atoms with Gasteiger partial charge in [0.1, 0.15) is 0 Å². The van der Waals surface area contributed by atoms with Gasteiger partial charge in [-0.2, -0.15) is 0 Å². The van der Waals surface area contributed by atoms with Gasteiger partial charge in [0, 0.05) is 0 Å². The van der Waals surface area contributed by atoms with E-state index in [4.69, 9.17) is 0 Å². The zero-order valence-corrected chi connectivity index (χ0v) is 16.0. The Bertz CT molecular complexity index is 915. The molecule has 0 heterocycles. The molecule has 1 radical (unpaired) electrons. The molecule has 4 aromatic rings. The lowest BCUT2D eigenvalue weighted by Crippen LogP contribution is -1.90. The highest BCUT2D eigenvalue weighted by Gasteiger charge is 2.09. The Morgan fingerprint density at radius 2 is 1.31 bits per heavy atom. The topological polar surface area (TPSA) is 0 Å². The Labute approximate surface area is 157 Å². The van der Waals surface area contributed by atoms with E-state index in [2.05, 4.69) is 55.5 Å². The minimum absolute atomic E-state index is 1.21. The SMILES string of the molecule is CCCCCCCCCCc1cc2ccc3[c]ccc4ccc(c1)c2c34. The first-order valence-corrected chi connectivity index (χ1v) is 10.4. The van der Waals surface area contributed by atoms with E-state index in [0.29, 0.717) is 0 Å². The monoisotopic (exact) mass is 341 g/mol. The number of hydrogen-bond donors (Lipinski definition) is 0. The van der Waals surface area contributed by atoms with Crippen molar-refractivity contribution in [2.75, 3.05) is 0 Å². The molecular weight excluding hydrogens is 312 g/mol. The summed E-state index contributed by atoms with van der Waals surface area (Å²) in [6.07, 6.45) is 12.3. The van der Waals surface area contributed by atoms with Gasteiger partial charge in [-0.15, -0.1) is 0 Å². The fraction of sp³-hybridized carbons (Fsp3) is 0.385. The number of rotatable bonds is 9. The summed E-state index contributed by atoms with van der Waals surface area (Å²) in [5.74, 6) is 0. The number of aryl methyl sites for hydroxylation is 1. The van der Waals surface area contributed by atoms with Crippen LogP contribution in [0.3, 0.4) is 0 Å². The normalized spacial score (nSPS) is 11.9. The zero-order chi connectivity index (χ0) is 17.8. The smallest absolute Gasteiger partial charge is 0.00206 e. The lowest BCUT2D eigenvalue weighted by Gasteiger charge is -2.12. The third-order valence-electron chi connectivity index (χ3n) is 5.76. The Morgan fingerprint density at radius 1 is 0.654 bits per heavy atom. The van der Waals surface area contributed by atoms with Crippen LogP contribution in [0, 0.1) is 6.07 Å². The van der Waals surface area contributed by atoms with Crippen molar-refractivity contribution >= 4 is 32.3 Å². The average molecular weight is 342 g/mol. The first-order valence-electron chi connectivity index (χ1n) is 10.4. The highest BCUT2D eigenvalue weighted by Crippen LogP contribution is 2.35. The van der Waals surface area contributed by atoms with Crippen LogP contribution < -0.4 is 0 Å². The Balaban J connectivity index is 1.45. The van der Waals surface area contributed by atoms with E-state index in [9.17, 15) is 0 Å². The van der Waals surface area contributed by atoms with E-state index < -0.39 is 0 Å². The number of unbranched alkanes of at least 4 members (excludes halogenated alkanes) is 7. The second-order valence-corrected chi connectivity index (χ2v) is 7.76. The van der Waals surface area contributed by atoms with Crippen LogP contribution in [0.25, 0.3) is 32.3 Å². The quantitative estimate of drug-likeness (QED) is 0.213. The average Bonchev–Trinajstić information content (AvgIpc) is 2.68. The molecule has 0 nitrogen and oxygen atoms in total. The van der Waals surface area contributed by atoms with Gasteiger partial charge in [0.2, 0.25) is 0 Å². The maximum Gasteiger partial charge on any atom is -0.00206 e. The molecule has 4 rings (SSSR count). The standard InChI is InChI=1S/C26H29/c1-2-3-4-5-6-7-8-9-11-20-18-23-16-14-21-12-10-13-22-15-17-24(19-20)26(23)25(21)22/h10,12,14-19H,2-9,11H2,1H3. The molecule has 0 aliphatic carbocycles. The molecule has 0 amide bonds. The molecule has 133 valence electrons. The zero-order valence-electron chi connectivity index (χ0n) is 16.0. The van der Waals surface area contributed by atoms with Crippen LogP contribution in [0.4, 0.5) is 0 Å². The van der Waals surface area contributed by atoms with Crippen molar-refractivity contribution < 1.29 is 0 Å². The van der Waals surface area contributed by atoms with Gasteiger partial charge >= 0.3 is 0 Å². The summed E-state index contributed by atoms with van der Waals surface area (Å²) in [4.78, 5) is 0. The summed E-state index contributed by atoms with van der Waals surface area (Å²) in [5, 5.41) is 8.12. The van der Waals surface area contributed by atoms with E-state index in [1.165, 1.54) is 95.7 Å². The number of benzene rings is 4. The van der Waals surface area contributed by atoms with E-state index in [1.807, 2.05) is 6.07 Å². The third kappa shape index (κ3) is 3.56. The molecule has 0 aliphatic rings. The van der Waals surface area contributed by atoms with E-state index in [1.54, 1.807) is 0 Å². The molecule has 0 saturated carbocycles. The fourth-order valence-corrected chi connectivity index (χ4v) is 4.35. The molecule has 4 aromatic carbocycles. The van der Waals surface area contributed by atoms with Gasteiger partial charge in [-0.05, 0) is 56.8 Å². The molecule has 0 fully saturated rings. The molecule has 0 N–H and O–H groups in total. The summed E-state index contributed by atoms with van der Waals surface area (Å²) >= 11 is 0. The predicted molar refractivity (Wildman–Crippen MR) is 115 cm³/mol. The molecule has 0 unspecified atom stereocenters. The van der Waals surface area contributed by atoms with Gasteiger partial charge in [-0.3, -0.25) is 0 Å². The summed E-state index contributed by atoms with van der Waals surface area (Å²) < 4.78 is 0. The molecule has 0 atom stereocenters. The number of hydrogen-bond acceptors (Lipinski definition) is 0. The van der Waals surface area contributed by atoms with Crippen LogP contribution in [0.2, 0.25) is 0 Å². The van der Waals surface area contributed by atoms with Crippen LogP contribution in [0.1, 0.15) is 63.9 Å². The predicted octanol–water partition coefficient (Wildman–Crippen LogP) is 8.07. The minimum Gasteiger partial charge on any atom is -0.0654 e. The largest absolute Gasteiger partial charge is 0.0654 e. The van der Waals surface area contributed by atoms with Crippen molar-refractivity contribution in [3.8, 4) is 0 Å². The van der Waals surface area contributed by atoms with Gasteiger partial charge < -0.3 is 0 Å². The lowest BCUT2D eigenvalue weighted by atomic mass is 9.92. The van der Waals surface area contributed by atoms with Crippen LogP contribution in [-0.2, 0) is 6.42 Å². The molecule has 0 saturated heterocycles. The van der Waals surface area contributed by atoms with E-state index in [0.717, 1.165) is 0 Å². The Morgan fingerprint density at radius 3 is 2.08 bits per heavy atom. The molecule has 0 aliphatic heterocycles. The second kappa shape index (κ2) is 8.08. The summed E-state index contributed by atoms with van der Waals surface area (Å²) in [7, 11) is 0. The third-order valence-corrected chi connectivity index (χ3v) is 5.76. The van der Waals surface area contributed by atoms with Gasteiger partial charge in [0.05, 0.1) is 0 Å². The maximum absolute atomic E-state index is 3.39. The first kappa shape index (κ1) is 17.3. The molecule has 0 bridgehead atoms. The van der Waals surface area contributed by atoms with Gasteiger partial charge in [-0.1, -0.05) is 100 Å². The molecular formula is C26H29. The van der Waals surface area contributed by atoms with Gasteiger partial charge in [0.15, 0.2) is 0 Å². The first-order chi connectivity index (χ1) is 12.9. The van der Waals surface area contributed by atoms with E-state index >= 15 is 0 Å². The van der Waals surface area contributed by atoms with Gasteiger partial charge in [0.25, 0.3) is 0 Å². The molecule has 26 heavy (non-hydrogen) atoms. The highest BCUT2D eigenvalue weighted by molar-refractivity contribution is 6.22. The van der Waals surface area contributed by atoms with Crippen molar-refractivity contribution in [3.05, 3.63) is 60.2 Å². The summed E-state index contributed by atoms with van der Waals surface area (Å²) in [6, 6.07) is 21.5. The summed E-state index contributed by atoms with van der Waals surface area (Å²) in [6.45, 7) is 2.29. The van der Waals surface area contributed by atoms with E-state index in [-0.39, 0.29) is 0 Å². The second-order valence-electron chi connectivity index (χ2n) is 7.76. The van der Waals surface area contributed by atoms with Gasteiger partial charge in [-0.25, -0.2) is 0 Å². The van der Waals surface area contributed by atoms with Crippen molar-refractivity contribution in [2.24, 2.45) is 0 Å².